The summed E-state index contributed by atoms with van der Waals surface area (Å²) >= 11 is 6.24. The zero-order chi connectivity index (χ0) is 25.8. The molecular formula is C28H42ClN3O4. The smallest absolute Gasteiger partial charge is 0.247 e. The molecule has 0 N–H and O–H groups in total. The molecule has 0 radical (unpaired) electrons. The topological polar surface area (TPSA) is 65.8 Å². The van der Waals surface area contributed by atoms with E-state index in [2.05, 4.69) is 18.7 Å². The number of morpholine rings is 1. The number of halogens is 1. The van der Waals surface area contributed by atoms with E-state index in [1.165, 1.54) is 5.56 Å². The van der Waals surface area contributed by atoms with Crippen LogP contribution in [0.4, 0.5) is 0 Å². The molecule has 0 saturated carbocycles. The Morgan fingerprint density at radius 3 is 2.56 bits per heavy atom. The molecule has 0 aliphatic carbocycles. The number of benzene rings is 1. The lowest BCUT2D eigenvalue weighted by molar-refractivity contribution is 0.0369. The second kappa shape index (κ2) is 15.2. The first-order valence-electron chi connectivity index (χ1n) is 13.5. The quantitative estimate of drug-likeness (QED) is 0.285. The van der Waals surface area contributed by atoms with Gasteiger partial charge in [-0.3, -0.25) is 9.69 Å². The molecule has 1 aliphatic heterocycles. The maximum Gasteiger partial charge on any atom is 0.247 e. The van der Waals surface area contributed by atoms with Crippen LogP contribution in [0.3, 0.4) is 0 Å². The predicted octanol–water partition coefficient (Wildman–Crippen LogP) is 5.60. The number of ether oxygens (including phenoxy) is 3. The van der Waals surface area contributed by atoms with Gasteiger partial charge in [0, 0.05) is 25.6 Å². The van der Waals surface area contributed by atoms with Crippen molar-refractivity contribution in [2.45, 2.75) is 71.6 Å². The van der Waals surface area contributed by atoms with Crippen LogP contribution in [0.5, 0.6) is 11.5 Å². The highest BCUT2D eigenvalue weighted by atomic mass is 35.5. The van der Waals surface area contributed by atoms with Gasteiger partial charge in [-0.25, -0.2) is 4.68 Å². The number of nitrogens with zero attached hydrogens (tertiary/aromatic N) is 3. The van der Waals surface area contributed by atoms with Crippen molar-refractivity contribution in [2.24, 2.45) is 0 Å². The van der Waals surface area contributed by atoms with Crippen molar-refractivity contribution < 1.29 is 19.0 Å². The third-order valence-electron chi connectivity index (χ3n) is 6.77. The number of aromatic nitrogens is 2. The van der Waals surface area contributed by atoms with Crippen LogP contribution in [0.15, 0.2) is 18.2 Å². The van der Waals surface area contributed by atoms with Crippen molar-refractivity contribution in [2.75, 3.05) is 46.6 Å². The van der Waals surface area contributed by atoms with E-state index in [1.807, 2.05) is 12.1 Å². The number of methoxy groups -OCH3 is 1. The van der Waals surface area contributed by atoms with Crippen LogP contribution in [0.1, 0.15) is 74.1 Å². The van der Waals surface area contributed by atoms with Crippen LogP contribution in [0.25, 0.3) is 0 Å². The summed E-state index contributed by atoms with van der Waals surface area (Å²) in [6.07, 6.45) is 8.31. The Hall–Kier alpha value is -2.09. The van der Waals surface area contributed by atoms with E-state index in [-0.39, 0.29) is 5.91 Å². The second-order valence-corrected chi connectivity index (χ2v) is 9.66. The zero-order valence-electron chi connectivity index (χ0n) is 22.2. The SMILES string of the molecule is CCc1nn(C(=O)CCCN2CCOCC2)c(CC)c1CCCCCCOc1ccc(OC)cc1Cl. The molecule has 0 bridgehead atoms. The normalized spacial score (nSPS) is 14.2. The molecule has 2 aromatic rings. The van der Waals surface area contributed by atoms with Gasteiger partial charge in [0.2, 0.25) is 5.91 Å². The van der Waals surface area contributed by atoms with Gasteiger partial charge in [0.1, 0.15) is 11.5 Å². The number of carbonyl (C=O) groups is 1. The highest BCUT2D eigenvalue weighted by Gasteiger charge is 2.20. The lowest BCUT2D eigenvalue weighted by atomic mass is 10.0. The first-order chi connectivity index (χ1) is 17.6. The van der Waals surface area contributed by atoms with Crippen molar-refractivity contribution in [3.8, 4) is 11.5 Å². The van der Waals surface area contributed by atoms with Crippen LogP contribution in [0, 0.1) is 0 Å². The largest absolute Gasteiger partial charge is 0.497 e. The Morgan fingerprint density at radius 1 is 1.08 bits per heavy atom. The Kier molecular flexibility index (Phi) is 12.0. The van der Waals surface area contributed by atoms with E-state index >= 15 is 0 Å². The Bertz CT molecular complexity index is 957. The third kappa shape index (κ3) is 8.22. The first-order valence-corrected chi connectivity index (χ1v) is 13.8. The fourth-order valence-corrected chi connectivity index (χ4v) is 4.95. The van der Waals surface area contributed by atoms with Gasteiger partial charge in [0.25, 0.3) is 0 Å². The average molecular weight is 520 g/mol. The molecule has 36 heavy (non-hydrogen) atoms. The zero-order valence-corrected chi connectivity index (χ0v) is 22.9. The number of unbranched alkanes of at least 4 members (excludes halogenated alkanes) is 3. The van der Waals surface area contributed by atoms with Crippen molar-refractivity contribution >= 4 is 17.5 Å². The van der Waals surface area contributed by atoms with Gasteiger partial charge in [-0.2, -0.15) is 5.10 Å². The average Bonchev–Trinajstić information content (AvgIpc) is 3.27. The van der Waals surface area contributed by atoms with Crippen molar-refractivity contribution in [3.05, 3.63) is 40.2 Å². The van der Waals surface area contributed by atoms with E-state index in [4.69, 9.17) is 30.9 Å². The number of hydrogen-bond acceptors (Lipinski definition) is 6. The van der Waals surface area contributed by atoms with E-state index in [1.54, 1.807) is 17.9 Å². The van der Waals surface area contributed by atoms with Crippen LogP contribution in [-0.4, -0.2) is 67.2 Å². The van der Waals surface area contributed by atoms with E-state index in [9.17, 15) is 4.79 Å². The molecular weight excluding hydrogens is 478 g/mol. The molecule has 1 aromatic heterocycles. The third-order valence-corrected chi connectivity index (χ3v) is 7.06. The van der Waals surface area contributed by atoms with Crippen LogP contribution in [-0.2, 0) is 24.0 Å². The molecule has 2 heterocycles. The van der Waals surface area contributed by atoms with Crippen LogP contribution in [0.2, 0.25) is 5.02 Å². The first kappa shape index (κ1) is 28.5. The van der Waals surface area contributed by atoms with Gasteiger partial charge in [-0.05, 0) is 62.8 Å². The van der Waals surface area contributed by atoms with Gasteiger partial charge in [0.15, 0.2) is 0 Å². The lowest BCUT2D eigenvalue weighted by Gasteiger charge is -2.26. The fourth-order valence-electron chi connectivity index (χ4n) is 4.73. The summed E-state index contributed by atoms with van der Waals surface area (Å²) in [6, 6.07) is 5.47. The summed E-state index contributed by atoms with van der Waals surface area (Å²) in [5.74, 6) is 1.54. The minimum absolute atomic E-state index is 0.121. The van der Waals surface area contributed by atoms with Gasteiger partial charge in [-0.15, -0.1) is 0 Å². The Labute approximate surface area is 221 Å². The van der Waals surface area contributed by atoms with Gasteiger partial charge in [-0.1, -0.05) is 38.3 Å². The molecule has 8 heteroatoms. The minimum Gasteiger partial charge on any atom is -0.497 e. The van der Waals surface area contributed by atoms with Crippen LogP contribution >= 0.6 is 11.6 Å². The predicted molar refractivity (Wildman–Crippen MR) is 144 cm³/mol. The monoisotopic (exact) mass is 519 g/mol. The summed E-state index contributed by atoms with van der Waals surface area (Å²) in [4.78, 5) is 15.4. The number of rotatable bonds is 15. The number of aryl methyl sites for hydroxylation is 1. The molecule has 3 rings (SSSR count). The lowest BCUT2D eigenvalue weighted by Crippen LogP contribution is -2.37. The number of hydrogen-bond donors (Lipinski definition) is 0. The van der Waals surface area contributed by atoms with Gasteiger partial charge >= 0.3 is 0 Å². The molecule has 1 saturated heterocycles. The van der Waals surface area contributed by atoms with Crippen LogP contribution < -0.4 is 9.47 Å². The van der Waals surface area contributed by atoms with E-state index in [0.717, 1.165) is 101 Å². The summed E-state index contributed by atoms with van der Waals surface area (Å²) < 4.78 is 18.1. The summed E-state index contributed by atoms with van der Waals surface area (Å²) in [5, 5.41) is 5.31. The minimum atomic E-state index is 0.121. The molecule has 7 nitrogen and oxygen atoms in total. The molecule has 1 aromatic carbocycles. The summed E-state index contributed by atoms with van der Waals surface area (Å²) in [7, 11) is 1.62. The van der Waals surface area contributed by atoms with Crippen molar-refractivity contribution in [1.82, 2.24) is 14.7 Å². The summed E-state index contributed by atoms with van der Waals surface area (Å²) in [6.45, 7) is 9.34. The Morgan fingerprint density at radius 2 is 1.86 bits per heavy atom. The molecule has 0 amide bonds. The fraction of sp³-hybridized carbons (Fsp3) is 0.643. The molecule has 1 fully saturated rings. The van der Waals surface area contributed by atoms with Gasteiger partial charge in [0.05, 0.1) is 43.3 Å². The molecule has 200 valence electrons. The van der Waals surface area contributed by atoms with E-state index < -0.39 is 0 Å². The second-order valence-electron chi connectivity index (χ2n) is 9.25. The molecule has 1 aliphatic rings. The molecule has 0 spiro atoms. The molecule has 0 atom stereocenters. The maximum atomic E-state index is 13.0. The van der Waals surface area contributed by atoms with Gasteiger partial charge < -0.3 is 14.2 Å². The van der Waals surface area contributed by atoms with Crippen molar-refractivity contribution in [1.29, 1.82) is 0 Å². The van der Waals surface area contributed by atoms with E-state index in [0.29, 0.717) is 23.8 Å². The van der Waals surface area contributed by atoms with Crippen molar-refractivity contribution in [3.63, 3.8) is 0 Å². The standard InChI is InChI=1S/C28H42ClN3O4/c1-4-25-23(11-8-6-7-9-18-36-27-14-13-22(34-3)21-24(27)29)26(5-2)32(30-25)28(33)12-10-15-31-16-19-35-20-17-31/h13-14,21H,4-12,15-20H2,1-3H3. The Balaban J connectivity index is 1.42. The summed E-state index contributed by atoms with van der Waals surface area (Å²) in [5.41, 5.74) is 3.45. The molecule has 0 unspecified atom stereocenters. The number of carbonyl (C=O) groups excluding carboxylic acids is 1. The highest BCUT2D eigenvalue weighted by molar-refractivity contribution is 6.32. The highest BCUT2D eigenvalue weighted by Crippen LogP contribution is 2.29. The maximum absolute atomic E-state index is 13.0.